The van der Waals surface area contributed by atoms with Crippen LogP contribution in [0, 0.1) is 0 Å². The van der Waals surface area contributed by atoms with Crippen molar-refractivity contribution < 1.29 is 14.3 Å². The van der Waals surface area contributed by atoms with Crippen LogP contribution < -0.4 is 20.3 Å². The van der Waals surface area contributed by atoms with E-state index in [1.165, 1.54) is 23.9 Å². The molecule has 1 N–H and O–H groups in total. The molecule has 0 saturated carbocycles. The lowest BCUT2D eigenvalue weighted by Crippen LogP contribution is -2.22. The van der Waals surface area contributed by atoms with Gasteiger partial charge in [-0.15, -0.1) is 0 Å². The third-order valence-corrected chi connectivity index (χ3v) is 4.88. The summed E-state index contributed by atoms with van der Waals surface area (Å²) in [5.41, 5.74) is 2.30. The Bertz CT molecular complexity index is 1250. The Morgan fingerprint density at radius 1 is 0.906 bits per heavy atom. The van der Waals surface area contributed by atoms with Gasteiger partial charge >= 0.3 is 0 Å². The second kappa shape index (κ2) is 9.66. The first-order valence-electron chi connectivity index (χ1n) is 10.1. The SMILES string of the molecule is COc1cc(=O)n(-c2ccccc2)cc1C(=O)Nc1ccc(OCc2ccccc2)cc1. The first kappa shape index (κ1) is 20.9. The van der Waals surface area contributed by atoms with Crippen LogP contribution >= 0.6 is 0 Å². The van der Waals surface area contributed by atoms with Crippen molar-refractivity contribution in [2.45, 2.75) is 6.61 Å². The maximum atomic E-state index is 12.9. The molecule has 6 nitrogen and oxygen atoms in total. The van der Waals surface area contributed by atoms with Crippen LogP contribution in [0.5, 0.6) is 11.5 Å². The molecule has 1 aromatic heterocycles. The molecule has 160 valence electrons. The standard InChI is InChI=1S/C26H22N2O4/c1-31-24-16-25(29)28(21-10-6-3-7-11-21)17-23(24)26(30)27-20-12-14-22(15-13-20)32-18-19-8-4-2-5-9-19/h2-17H,18H2,1H3,(H,27,30). The highest BCUT2D eigenvalue weighted by Crippen LogP contribution is 2.21. The molecular weight excluding hydrogens is 404 g/mol. The number of amides is 1. The number of nitrogens with zero attached hydrogens (tertiary/aromatic N) is 1. The largest absolute Gasteiger partial charge is 0.496 e. The molecular formula is C26H22N2O4. The van der Waals surface area contributed by atoms with Gasteiger partial charge in [-0.05, 0) is 42.0 Å². The first-order valence-corrected chi connectivity index (χ1v) is 10.1. The van der Waals surface area contributed by atoms with Crippen molar-refractivity contribution >= 4 is 11.6 Å². The summed E-state index contributed by atoms with van der Waals surface area (Å²) in [5, 5.41) is 2.84. The lowest BCUT2D eigenvalue weighted by molar-refractivity contribution is 0.102. The van der Waals surface area contributed by atoms with Gasteiger partial charge < -0.3 is 14.8 Å². The first-order chi connectivity index (χ1) is 15.6. The maximum Gasteiger partial charge on any atom is 0.260 e. The number of nitrogens with one attached hydrogen (secondary N) is 1. The number of benzene rings is 3. The summed E-state index contributed by atoms with van der Waals surface area (Å²) >= 11 is 0. The lowest BCUT2D eigenvalue weighted by Gasteiger charge is -2.13. The quantitative estimate of drug-likeness (QED) is 0.466. The molecule has 0 unspecified atom stereocenters. The molecule has 6 heteroatoms. The average Bonchev–Trinajstić information content (AvgIpc) is 2.84. The highest BCUT2D eigenvalue weighted by molar-refractivity contribution is 6.06. The monoisotopic (exact) mass is 426 g/mol. The molecule has 4 aromatic rings. The van der Waals surface area contributed by atoms with Crippen molar-refractivity contribution in [2.24, 2.45) is 0 Å². The predicted molar refractivity (Wildman–Crippen MR) is 124 cm³/mol. The summed E-state index contributed by atoms with van der Waals surface area (Å²) in [6.07, 6.45) is 1.49. The fourth-order valence-corrected chi connectivity index (χ4v) is 3.22. The van der Waals surface area contributed by atoms with Gasteiger partial charge in [0, 0.05) is 23.6 Å². The summed E-state index contributed by atoms with van der Waals surface area (Å²) in [5.74, 6) is 0.522. The van der Waals surface area contributed by atoms with E-state index >= 15 is 0 Å². The highest BCUT2D eigenvalue weighted by Gasteiger charge is 2.16. The van der Waals surface area contributed by atoms with Crippen LogP contribution in [0.25, 0.3) is 5.69 Å². The molecule has 0 fully saturated rings. The summed E-state index contributed by atoms with van der Waals surface area (Å²) in [7, 11) is 1.43. The third-order valence-electron chi connectivity index (χ3n) is 4.88. The van der Waals surface area contributed by atoms with Gasteiger partial charge in [-0.2, -0.15) is 0 Å². The second-order valence-electron chi connectivity index (χ2n) is 7.05. The van der Waals surface area contributed by atoms with E-state index in [2.05, 4.69) is 5.32 Å². The van der Waals surface area contributed by atoms with E-state index in [4.69, 9.17) is 9.47 Å². The molecule has 4 rings (SSSR count). The molecule has 0 bridgehead atoms. The number of hydrogen-bond acceptors (Lipinski definition) is 4. The molecule has 0 spiro atoms. The van der Waals surface area contributed by atoms with Gasteiger partial charge in [-0.25, -0.2) is 0 Å². The van der Waals surface area contributed by atoms with Crippen LogP contribution in [0.3, 0.4) is 0 Å². The van der Waals surface area contributed by atoms with Gasteiger partial charge in [0.05, 0.1) is 12.7 Å². The molecule has 0 atom stereocenters. The Balaban J connectivity index is 1.50. The van der Waals surface area contributed by atoms with Crippen molar-refractivity contribution in [3.63, 3.8) is 0 Å². The minimum absolute atomic E-state index is 0.211. The zero-order valence-electron chi connectivity index (χ0n) is 17.5. The van der Waals surface area contributed by atoms with E-state index < -0.39 is 0 Å². The van der Waals surface area contributed by atoms with Crippen molar-refractivity contribution in [1.29, 1.82) is 0 Å². The molecule has 3 aromatic carbocycles. The molecule has 0 aliphatic rings. The average molecular weight is 426 g/mol. The second-order valence-corrected chi connectivity index (χ2v) is 7.05. The summed E-state index contributed by atoms with van der Waals surface area (Å²) in [6.45, 7) is 0.463. The summed E-state index contributed by atoms with van der Waals surface area (Å²) < 4.78 is 12.5. The van der Waals surface area contributed by atoms with Gasteiger partial charge in [-0.3, -0.25) is 14.2 Å². The van der Waals surface area contributed by atoms with Gasteiger partial charge in [0.15, 0.2) is 0 Å². The van der Waals surface area contributed by atoms with E-state index in [0.717, 1.165) is 5.56 Å². The Hall–Kier alpha value is -4.32. The van der Waals surface area contributed by atoms with E-state index in [0.29, 0.717) is 23.7 Å². The number of pyridine rings is 1. The normalized spacial score (nSPS) is 10.4. The molecule has 0 aliphatic heterocycles. The number of anilines is 1. The molecule has 1 heterocycles. The summed E-state index contributed by atoms with van der Waals surface area (Å²) in [4.78, 5) is 25.4. The number of carbonyl (C=O) groups excluding carboxylic acids is 1. The van der Waals surface area contributed by atoms with Crippen LogP contribution in [0.15, 0.2) is 102 Å². The lowest BCUT2D eigenvalue weighted by atomic mass is 10.2. The summed E-state index contributed by atoms with van der Waals surface area (Å²) in [6, 6.07) is 27.4. The van der Waals surface area contributed by atoms with Crippen LogP contribution in [-0.2, 0) is 6.61 Å². The number of ether oxygens (including phenoxy) is 2. The Labute approximate surface area is 185 Å². The Kier molecular flexibility index (Phi) is 6.32. The molecule has 32 heavy (non-hydrogen) atoms. The van der Waals surface area contributed by atoms with Gasteiger partial charge in [0.1, 0.15) is 18.1 Å². The zero-order chi connectivity index (χ0) is 22.3. The number of rotatable bonds is 7. The zero-order valence-corrected chi connectivity index (χ0v) is 17.5. The highest BCUT2D eigenvalue weighted by atomic mass is 16.5. The molecule has 0 aliphatic carbocycles. The Morgan fingerprint density at radius 2 is 1.56 bits per heavy atom. The fourth-order valence-electron chi connectivity index (χ4n) is 3.22. The smallest absolute Gasteiger partial charge is 0.260 e. The Morgan fingerprint density at radius 3 is 2.22 bits per heavy atom. The van der Waals surface area contributed by atoms with Crippen LogP contribution in [0.4, 0.5) is 5.69 Å². The predicted octanol–water partition coefficient (Wildman–Crippen LogP) is 4.68. The van der Waals surface area contributed by atoms with Crippen molar-refractivity contribution in [1.82, 2.24) is 4.57 Å². The van der Waals surface area contributed by atoms with Crippen LogP contribution in [0.1, 0.15) is 15.9 Å². The minimum atomic E-state index is -0.385. The molecule has 0 radical (unpaired) electrons. The van der Waals surface area contributed by atoms with Gasteiger partial charge in [0.2, 0.25) is 0 Å². The molecule has 1 amide bonds. The fraction of sp³-hybridized carbons (Fsp3) is 0.0769. The van der Waals surface area contributed by atoms with E-state index in [1.54, 1.807) is 36.4 Å². The van der Waals surface area contributed by atoms with Crippen molar-refractivity contribution in [3.8, 4) is 17.2 Å². The van der Waals surface area contributed by atoms with Crippen molar-refractivity contribution in [3.05, 3.63) is 119 Å². The number of hydrogen-bond donors (Lipinski definition) is 1. The number of para-hydroxylation sites is 1. The molecule has 0 saturated heterocycles. The van der Waals surface area contributed by atoms with E-state index in [1.807, 2.05) is 48.5 Å². The minimum Gasteiger partial charge on any atom is -0.496 e. The van der Waals surface area contributed by atoms with Gasteiger partial charge in [-0.1, -0.05) is 48.5 Å². The van der Waals surface area contributed by atoms with E-state index in [9.17, 15) is 9.59 Å². The van der Waals surface area contributed by atoms with Crippen molar-refractivity contribution in [2.75, 3.05) is 12.4 Å². The van der Waals surface area contributed by atoms with Crippen LogP contribution in [0.2, 0.25) is 0 Å². The number of carbonyl (C=O) groups is 1. The number of aromatic nitrogens is 1. The third kappa shape index (κ3) is 4.87. The number of methoxy groups -OCH3 is 1. The topological polar surface area (TPSA) is 69.6 Å². The van der Waals surface area contributed by atoms with E-state index in [-0.39, 0.29) is 22.8 Å². The van der Waals surface area contributed by atoms with Crippen LogP contribution in [-0.4, -0.2) is 17.6 Å². The maximum absolute atomic E-state index is 12.9. The van der Waals surface area contributed by atoms with Gasteiger partial charge in [0.25, 0.3) is 11.5 Å².